The fraction of sp³-hybridized carbons (Fsp3) is 0.250. The van der Waals surface area contributed by atoms with Crippen LogP contribution in [0.15, 0.2) is 22.7 Å². The monoisotopic (exact) mass is 378 g/mol. The predicted molar refractivity (Wildman–Crippen MR) is 79.6 cm³/mol. The van der Waals surface area contributed by atoms with Crippen LogP contribution >= 0.6 is 27.5 Å². The summed E-state index contributed by atoms with van der Waals surface area (Å²) in [5.74, 6) is -2.45. The molecule has 1 unspecified atom stereocenters. The molecule has 1 aromatic rings. The zero-order chi connectivity index (χ0) is 16.0. The van der Waals surface area contributed by atoms with E-state index in [4.69, 9.17) is 21.8 Å². The van der Waals surface area contributed by atoms with E-state index in [1.165, 1.54) is 0 Å². The molecule has 0 aliphatic heterocycles. The van der Waals surface area contributed by atoms with Gasteiger partial charge in [-0.25, -0.2) is 9.59 Å². The molecule has 1 rings (SSSR count). The molecule has 9 heteroatoms. The number of halogens is 2. The lowest BCUT2D eigenvalue weighted by Gasteiger charge is -2.15. The van der Waals surface area contributed by atoms with Crippen LogP contribution in [0.2, 0.25) is 5.02 Å². The van der Waals surface area contributed by atoms with E-state index in [9.17, 15) is 14.4 Å². The van der Waals surface area contributed by atoms with Crippen molar-refractivity contribution in [3.63, 3.8) is 0 Å². The topological polar surface area (TPSA) is 116 Å². The van der Waals surface area contributed by atoms with Crippen LogP contribution < -0.4 is 10.6 Å². The van der Waals surface area contributed by atoms with Gasteiger partial charge in [0.1, 0.15) is 6.04 Å². The summed E-state index contributed by atoms with van der Waals surface area (Å²) in [6, 6.07) is 2.68. The summed E-state index contributed by atoms with van der Waals surface area (Å²) in [6.07, 6.45) is -0.581. The highest BCUT2D eigenvalue weighted by molar-refractivity contribution is 9.10. The zero-order valence-electron chi connectivity index (χ0n) is 10.6. The Morgan fingerprint density at radius 1 is 1.29 bits per heavy atom. The van der Waals surface area contributed by atoms with Crippen molar-refractivity contribution in [3.8, 4) is 0 Å². The maximum Gasteiger partial charge on any atom is 0.326 e. The molecule has 0 saturated carbocycles. The largest absolute Gasteiger partial charge is 0.481 e. The van der Waals surface area contributed by atoms with E-state index < -0.39 is 24.0 Å². The number of hydrogen-bond acceptors (Lipinski definition) is 3. The van der Waals surface area contributed by atoms with Gasteiger partial charge in [-0.05, 0) is 24.6 Å². The van der Waals surface area contributed by atoms with Crippen molar-refractivity contribution in [2.75, 3.05) is 5.32 Å². The molecule has 2 amide bonds. The fourth-order valence-electron chi connectivity index (χ4n) is 1.43. The number of carbonyl (C=O) groups excluding carboxylic acids is 1. The molecular weight excluding hydrogens is 367 g/mol. The Kier molecular flexibility index (Phi) is 6.44. The van der Waals surface area contributed by atoms with Crippen LogP contribution in [0.5, 0.6) is 0 Å². The second-order valence-electron chi connectivity index (χ2n) is 4.05. The number of urea groups is 1. The Hall–Kier alpha value is -1.80. The van der Waals surface area contributed by atoms with Gasteiger partial charge in [0.2, 0.25) is 0 Å². The van der Waals surface area contributed by atoms with Crippen molar-refractivity contribution in [1.29, 1.82) is 0 Å². The van der Waals surface area contributed by atoms with Crippen molar-refractivity contribution in [3.05, 3.63) is 27.7 Å². The van der Waals surface area contributed by atoms with Gasteiger partial charge >= 0.3 is 18.0 Å². The smallest absolute Gasteiger partial charge is 0.326 e. The van der Waals surface area contributed by atoms with E-state index in [-0.39, 0.29) is 17.9 Å². The normalized spacial score (nSPS) is 11.5. The Morgan fingerprint density at radius 2 is 1.95 bits per heavy atom. The molecule has 0 heterocycles. The predicted octanol–water partition coefficient (Wildman–Crippen LogP) is 2.54. The lowest BCUT2D eigenvalue weighted by Crippen LogP contribution is -2.43. The van der Waals surface area contributed by atoms with Gasteiger partial charge < -0.3 is 20.8 Å². The van der Waals surface area contributed by atoms with E-state index in [0.29, 0.717) is 5.69 Å². The summed E-state index contributed by atoms with van der Waals surface area (Å²) in [6.45, 7) is 0. The molecule has 0 radical (unpaired) electrons. The minimum absolute atomic E-state index is 0.216. The van der Waals surface area contributed by atoms with Gasteiger partial charge in [0.05, 0.1) is 10.7 Å². The number of carboxylic acids is 2. The van der Waals surface area contributed by atoms with E-state index >= 15 is 0 Å². The number of amides is 2. The molecule has 21 heavy (non-hydrogen) atoms. The number of nitrogens with one attached hydrogen (secondary N) is 2. The number of benzene rings is 1. The van der Waals surface area contributed by atoms with Crippen LogP contribution in [0, 0.1) is 0 Å². The first-order valence-electron chi connectivity index (χ1n) is 5.76. The summed E-state index contributed by atoms with van der Waals surface area (Å²) in [7, 11) is 0. The van der Waals surface area contributed by atoms with E-state index in [1.807, 2.05) is 0 Å². The van der Waals surface area contributed by atoms with E-state index in [2.05, 4.69) is 26.6 Å². The number of carbonyl (C=O) groups is 3. The average Bonchev–Trinajstić information content (AvgIpc) is 2.37. The molecule has 0 bridgehead atoms. The summed E-state index contributed by atoms with van der Waals surface area (Å²) >= 11 is 9.12. The number of anilines is 1. The molecule has 114 valence electrons. The molecule has 1 aromatic carbocycles. The first-order chi connectivity index (χ1) is 9.79. The molecule has 4 N–H and O–H groups in total. The van der Waals surface area contributed by atoms with Crippen molar-refractivity contribution in [1.82, 2.24) is 5.32 Å². The molecule has 0 spiro atoms. The second-order valence-corrected chi connectivity index (χ2v) is 5.37. The lowest BCUT2D eigenvalue weighted by molar-refractivity contribution is -0.140. The molecule has 0 aliphatic rings. The third-order valence-corrected chi connectivity index (χ3v) is 3.24. The van der Waals surface area contributed by atoms with Crippen LogP contribution in [-0.2, 0) is 9.59 Å². The first kappa shape index (κ1) is 17.3. The van der Waals surface area contributed by atoms with Gasteiger partial charge in [-0.2, -0.15) is 0 Å². The summed E-state index contributed by atoms with van der Waals surface area (Å²) in [5.41, 5.74) is 0.305. The molecule has 0 fully saturated rings. The van der Waals surface area contributed by atoms with Crippen molar-refractivity contribution in [2.24, 2.45) is 0 Å². The van der Waals surface area contributed by atoms with Gasteiger partial charge in [0, 0.05) is 10.9 Å². The van der Waals surface area contributed by atoms with Crippen LogP contribution in [0.3, 0.4) is 0 Å². The van der Waals surface area contributed by atoms with Crippen LogP contribution in [0.4, 0.5) is 10.5 Å². The summed E-state index contributed by atoms with van der Waals surface area (Å²) in [4.78, 5) is 33.1. The third-order valence-electron chi connectivity index (χ3n) is 2.43. The maximum atomic E-state index is 11.7. The third kappa shape index (κ3) is 6.01. The average molecular weight is 380 g/mol. The molecule has 1 atom stereocenters. The Balaban J connectivity index is 2.65. The zero-order valence-corrected chi connectivity index (χ0v) is 12.9. The second kappa shape index (κ2) is 7.84. The van der Waals surface area contributed by atoms with Gasteiger partial charge in [0.15, 0.2) is 0 Å². The van der Waals surface area contributed by atoms with Crippen LogP contribution in [-0.4, -0.2) is 34.2 Å². The molecule has 0 saturated heterocycles. The quantitative estimate of drug-likeness (QED) is 0.606. The standard InChI is InChI=1S/C12H12BrClN2O5/c13-6-1-2-8(7(14)5-6)15-12(21)16-9(11(19)20)3-4-10(17)18/h1-2,5,9H,3-4H2,(H,17,18)(H,19,20)(H2,15,16,21). The van der Waals surface area contributed by atoms with Crippen LogP contribution in [0.25, 0.3) is 0 Å². The van der Waals surface area contributed by atoms with Gasteiger partial charge in [-0.1, -0.05) is 27.5 Å². The Morgan fingerprint density at radius 3 is 2.48 bits per heavy atom. The van der Waals surface area contributed by atoms with Gasteiger partial charge in [-0.15, -0.1) is 0 Å². The van der Waals surface area contributed by atoms with Gasteiger partial charge in [0.25, 0.3) is 0 Å². The number of hydrogen-bond donors (Lipinski definition) is 4. The highest BCUT2D eigenvalue weighted by Gasteiger charge is 2.21. The minimum atomic E-state index is -1.31. The molecule has 7 nitrogen and oxygen atoms in total. The fourth-order valence-corrected chi connectivity index (χ4v) is 2.15. The summed E-state index contributed by atoms with van der Waals surface area (Å²) < 4.78 is 0.725. The molecule has 0 aromatic heterocycles. The first-order valence-corrected chi connectivity index (χ1v) is 6.94. The highest BCUT2D eigenvalue weighted by Crippen LogP contribution is 2.25. The van der Waals surface area contributed by atoms with E-state index in [0.717, 1.165) is 4.47 Å². The number of aliphatic carboxylic acids is 2. The number of rotatable bonds is 6. The Labute approximate surface area is 133 Å². The molecular formula is C12H12BrClN2O5. The lowest BCUT2D eigenvalue weighted by atomic mass is 10.1. The van der Waals surface area contributed by atoms with Gasteiger partial charge in [-0.3, -0.25) is 4.79 Å². The van der Waals surface area contributed by atoms with Crippen molar-refractivity contribution < 1.29 is 24.6 Å². The number of carboxylic acid groups (broad SMARTS) is 2. The highest BCUT2D eigenvalue weighted by atomic mass is 79.9. The van der Waals surface area contributed by atoms with E-state index in [1.54, 1.807) is 18.2 Å². The Bertz CT molecular complexity index is 567. The van der Waals surface area contributed by atoms with Crippen LogP contribution in [0.1, 0.15) is 12.8 Å². The minimum Gasteiger partial charge on any atom is -0.481 e. The van der Waals surface area contributed by atoms with Crippen molar-refractivity contribution in [2.45, 2.75) is 18.9 Å². The SMILES string of the molecule is O=C(O)CCC(NC(=O)Nc1ccc(Br)cc1Cl)C(=O)O. The van der Waals surface area contributed by atoms with Crippen molar-refractivity contribution >= 4 is 51.2 Å². The maximum absolute atomic E-state index is 11.7. The summed E-state index contributed by atoms with van der Waals surface area (Å²) in [5, 5.41) is 22.3. The molecule has 0 aliphatic carbocycles.